The molecule has 0 radical (unpaired) electrons. The zero-order valence-electron chi connectivity index (χ0n) is 17.6. The molecule has 0 unspecified atom stereocenters. The van der Waals surface area contributed by atoms with E-state index in [1.165, 1.54) is 5.56 Å². The lowest BCUT2D eigenvalue weighted by Crippen LogP contribution is -2.38. The number of amides is 1. The lowest BCUT2D eigenvalue weighted by molar-refractivity contribution is -0.135. The molecular formula is C24H29ClN2O2. The smallest absolute Gasteiger partial charge is 0.223 e. The lowest BCUT2D eigenvalue weighted by Gasteiger charge is -2.28. The van der Waals surface area contributed by atoms with Gasteiger partial charge in [-0.2, -0.15) is 0 Å². The highest BCUT2D eigenvalue weighted by Gasteiger charge is 2.29. The number of rotatable bonds is 6. The Bertz CT molecular complexity index is 902. The van der Waals surface area contributed by atoms with Crippen LogP contribution in [-0.4, -0.2) is 29.2 Å². The fourth-order valence-corrected chi connectivity index (χ4v) is 3.72. The van der Waals surface area contributed by atoms with E-state index in [2.05, 4.69) is 45.0 Å². The van der Waals surface area contributed by atoms with E-state index in [1.54, 1.807) is 0 Å². The molecule has 5 heteroatoms. The van der Waals surface area contributed by atoms with Crippen molar-refractivity contribution in [1.29, 1.82) is 0 Å². The van der Waals surface area contributed by atoms with Crippen molar-refractivity contribution in [3.63, 3.8) is 0 Å². The van der Waals surface area contributed by atoms with Gasteiger partial charge in [0.15, 0.2) is 6.10 Å². The van der Waals surface area contributed by atoms with Crippen LogP contribution in [0.3, 0.4) is 0 Å². The van der Waals surface area contributed by atoms with Gasteiger partial charge in [0.1, 0.15) is 0 Å². The molecule has 0 bridgehead atoms. The third-order valence-electron chi connectivity index (χ3n) is 4.91. The first-order valence-electron chi connectivity index (χ1n) is 10.0. The fourth-order valence-electron chi connectivity index (χ4n) is 3.50. The molecule has 154 valence electrons. The SMILES string of the molecule is Cc1ccccc1C1=NO[C@H](CN(Cc2cccc(Cl)c2)C(=O)CC(C)(C)C)C1. The zero-order chi connectivity index (χ0) is 21.0. The third kappa shape index (κ3) is 6.07. The van der Waals surface area contributed by atoms with E-state index in [4.69, 9.17) is 16.4 Å². The summed E-state index contributed by atoms with van der Waals surface area (Å²) >= 11 is 6.14. The van der Waals surface area contributed by atoms with Crippen molar-refractivity contribution < 1.29 is 9.63 Å². The molecule has 1 aliphatic rings. The van der Waals surface area contributed by atoms with Gasteiger partial charge in [0.05, 0.1) is 12.3 Å². The summed E-state index contributed by atoms with van der Waals surface area (Å²) in [6, 6.07) is 15.8. The van der Waals surface area contributed by atoms with Crippen molar-refractivity contribution >= 4 is 23.2 Å². The largest absolute Gasteiger partial charge is 0.390 e. The van der Waals surface area contributed by atoms with E-state index >= 15 is 0 Å². The van der Waals surface area contributed by atoms with Crippen molar-refractivity contribution in [3.05, 3.63) is 70.2 Å². The highest BCUT2D eigenvalue weighted by molar-refractivity contribution is 6.30. The minimum Gasteiger partial charge on any atom is -0.390 e. The van der Waals surface area contributed by atoms with Crippen molar-refractivity contribution in [2.45, 2.75) is 53.2 Å². The first-order valence-corrected chi connectivity index (χ1v) is 10.4. The third-order valence-corrected chi connectivity index (χ3v) is 5.14. The second-order valence-electron chi connectivity index (χ2n) is 8.93. The van der Waals surface area contributed by atoms with Crippen LogP contribution in [-0.2, 0) is 16.2 Å². The molecule has 0 aliphatic carbocycles. The molecule has 1 atom stereocenters. The minimum atomic E-state index is -0.146. The average Bonchev–Trinajstić information content (AvgIpc) is 3.08. The maximum Gasteiger partial charge on any atom is 0.223 e. The summed E-state index contributed by atoms with van der Waals surface area (Å²) in [5.74, 6) is 0.116. The molecule has 29 heavy (non-hydrogen) atoms. The van der Waals surface area contributed by atoms with Gasteiger partial charge in [-0.15, -0.1) is 0 Å². The van der Waals surface area contributed by atoms with Crippen LogP contribution in [0.4, 0.5) is 0 Å². The number of halogens is 1. The summed E-state index contributed by atoms with van der Waals surface area (Å²) in [7, 11) is 0. The van der Waals surface area contributed by atoms with Gasteiger partial charge < -0.3 is 9.74 Å². The van der Waals surface area contributed by atoms with Crippen LogP contribution in [0.15, 0.2) is 53.7 Å². The number of aryl methyl sites for hydroxylation is 1. The molecule has 0 N–H and O–H groups in total. The van der Waals surface area contributed by atoms with Crippen LogP contribution in [0.5, 0.6) is 0 Å². The number of hydrogen-bond acceptors (Lipinski definition) is 3. The predicted molar refractivity (Wildman–Crippen MR) is 118 cm³/mol. The van der Waals surface area contributed by atoms with Crippen LogP contribution >= 0.6 is 11.6 Å². The Hall–Kier alpha value is -2.33. The Morgan fingerprint density at radius 3 is 2.66 bits per heavy atom. The molecule has 0 fully saturated rings. The minimum absolute atomic E-state index is 0.0803. The number of benzene rings is 2. The molecule has 2 aromatic carbocycles. The van der Waals surface area contributed by atoms with Crippen molar-refractivity contribution in [2.24, 2.45) is 10.6 Å². The van der Waals surface area contributed by atoms with Gasteiger partial charge in [-0.05, 0) is 35.6 Å². The molecule has 4 nitrogen and oxygen atoms in total. The zero-order valence-corrected chi connectivity index (χ0v) is 18.4. The van der Waals surface area contributed by atoms with Gasteiger partial charge in [-0.25, -0.2) is 0 Å². The highest BCUT2D eigenvalue weighted by Crippen LogP contribution is 2.24. The van der Waals surface area contributed by atoms with Gasteiger partial charge in [-0.3, -0.25) is 4.79 Å². The number of hydrogen-bond donors (Lipinski definition) is 0. The van der Waals surface area contributed by atoms with Gasteiger partial charge in [0.25, 0.3) is 0 Å². The Morgan fingerprint density at radius 2 is 1.97 bits per heavy atom. The quantitative estimate of drug-likeness (QED) is 0.619. The maximum atomic E-state index is 13.0. The first-order chi connectivity index (χ1) is 13.7. The standard InChI is InChI=1S/C24H29ClN2O2/c1-17-8-5-6-11-21(17)22-13-20(29-26-22)16-27(23(28)14-24(2,3)4)15-18-9-7-10-19(25)12-18/h5-12,20H,13-16H2,1-4H3/t20-/m0/s1. The van der Waals surface area contributed by atoms with Crippen molar-refractivity contribution in [2.75, 3.05) is 6.54 Å². The number of carbonyl (C=O) groups is 1. The molecule has 1 amide bonds. The van der Waals surface area contributed by atoms with E-state index < -0.39 is 0 Å². The lowest BCUT2D eigenvalue weighted by atomic mass is 9.91. The van der Waals surface area contributed by atoms with Gasteiger partial charge in [-0.1, -0.05) is 73.9 Å². The summed E-state index contributed by atoms with van der Waals surface area (Å²) in [6.07, 6.45) is 1.03. The fraction of sp³-hybridized carbons (Fsp3) is 0.417. The van der Waals surface area contributed by atoms with Crippen LogP contribution in [0.25, 0.3) is 0 Å². The number of carbonyl (C=O) groups excluding carboxylic acids is 1. The Balaban J connectivity index is 1.71. The van der Waals surface area contributed by atoms with E-state index in [-0.39, 0.29) is 17.4 Å². The van der Waals surface area contributed by atoms with Crippen LogP contribution in [0.1, 0.15) is 50.3 Å². The van der Waals surface area contributed by atoms with Crippen LogP contribution in [0, 0.1) is 12.3 Å². The summed E-state index contributed by atoms with van der Waals surface area (Å²) in [5.41, 5.74) is 4.16. The van der Waals surface area contributed by atoms with E-state index in [0.717, 1.165) is 16.8 Å². The van der Waals surface area contributed by atoms with Gasteiger partial charge >= 0.3 is 0 Å². The molecule has 3 rings (SSSR count). The van der Waals surface area contributed by atoms with Crippen LogP contribution < -0.4 is 0 Å². The highest BCUT2D eigenvalue weighted by atomic mass is 35.5. The van der Waals surface area contributed by atoms with E-state index in [0.29, 0.717) is 31.0 Å². The molecule has 1 aliphatic heterocycles. The molecule has 0 spiro atoms. The Labute approximate surface area is 178 Å². The molecule has 0 saturated heterocycles. The molecule has 0 saturated carbocycles. The van der Waals surface area contributed by atoms with Gasteiger partial charge in [0, 0.05) is 30.0 Å². The van der Waals surface area contributed by atoms with Crippen LogP contribution in [0.2, 0.25) is 5.02 Å². The van der Waals surface area contributed by atoms with Crippen molar-refractivity contribution in [3.8, 4) is 0 Å². The van der Waals surface area contributed by atoms with Gasteiger partial charge in [0.2, 0.25) is 5.91 Å². The Morgan fingerprint density at radius 1 is 1.21 bits per heavy atom. The van der Waals surface area contributed by atoms with E-state index in [9.17, 15) is 4.79 Å². The number of oxime groups is 1. The van der Waals surface area contributed by atoms with Crippen molar-refractivity contribution in [1.82, 2.24) is 4.90 Å². The molecule has 2 aromatic rings. The summed E-state index contributed by atoms with van der Waals surface area (Å²) in [6.45, 7) is 9.31. The Kier molecular flexibility index (Phi) is 6.63. The normalized spacial score (nSPS) is 16.3. The second-order valence-corrected chi connectivity index (χ2v) is 9.36. The summed E-state index contributed by atoms with van der Waals surface area (Å²) in [4.78, 5) is 20.6. The molecular weight excluding hydrogens is 384 g/mol. The monoisotopic (exact) mass is 412 g/mol. The predicted octanol–water partition coefficient (Wildman–Crippen LogP) is 5.61. The first kappa shape index (κ1) is 21.4. The second kappa shape index (κ2) is 9.00. The maximum absolute atomic E-state index is 13.0. The molecule has 1 heterocycles. The van der Waals surface area contributed by atoms with E-state index in [1.807, 2.05) is 41.3 Å². The topological polar surface area (TPSA) is 41.9 Å². The molecule has 0 aromatic heterocycles. The number of nitrogens with zero attached hydrogens (tertiary/aromatic N) is 2. The summed E-state index contributed by atoms with van der Waals surface area (Å²) < 4.78 is 0. The summed E-state index contributed by atoms with van der Waals surface area (Å²) in [5, 5.41) is 4.99. The average molecular weight is 413 g/mol.